The molecule has 1 aromatic carbocycles. The number of aryl methyl sites for hydroxylation is 1. The molecule has 1 unspecified atom stereocenters. The summed E-state index contributed by atoms with van der Waals surface area (Å²) in [5.41, 5.74) is 2.89. The molecule has 0 aromatic heterocycles. The monoisotopic (exact) mass is 273 g/mol. The van der Waals surface area contributed by atoms with Crippen molar-refractivity contribution < 1.29 is 4.74 Å². The summed E-state index contributed by atoms with van der Waals surface area (Å²) in [5.74, 6) is 1.47. The van der Waals surface area contributed by atoms with Crippen LogP contribution in [0.2, 0.25) is 0 Å². The Bertz CT molecular complexity index is 423. The van der Waals surface area contributed by atoms with E-state index in [9.17, 15) is 0 Å². The lowest BCUT2D eigenvalue weighted by Crippen LogP contribution is -2.29. The second-order valence-corrected chi connectivity index (χ2v) is 6.66. The number of hydrogen-bond donors (Lipinski definition) is 1. The third kappa shape index (κ3) is 4.60. The van der Waals surface area contributed by atoms with Gasteiger partial charge in [0.05, 0.1) is 6.61 Å². The van der Waals surface area contributed by atoms with E-state index in [0.717, 1.165) is 38.1 Å². The summed E-state index contributed by atoms with van der Waals surface area (Å²) >= 11 is 0. The molecule has 2 heteroatoms. The maximum absolute atomic E-state index is 5.94. The van der Waals surface area contributed by atoms with Crippen LogP contribution >= 0.6 is 0 Å². The van der Waals surface area contributed by atoms with E-state index in [-0.39, 0.29) is 0 Å². The van der Waals surface area contributed by atoms with E-state index >= 15 is 0 Å². The Labute approximate surface area is 122 Å². The van der Waals surface area contributed by atoms with E-state index in [0.29, 0.717) is 5.92 Å². The van der Waals surface area contributed by atoms with Crippen molar-refractivity contribution in [3.63, 3.8) is 0 Å². The maximum atomic E-state index is 5.94. The summed E-state index contributed by atoms with van der Waals surface area (Å²) in [4.78, 5) is 0. The largest absolute Gasteiger partial charge is 0.381 e. The van der Waals surface area contributed by atoms with Crippen LogP contribution in [0.3, 0.4) is 0 Å². The molecule has 0 saturated heterocycles. The van der Waals surface area contributed by atoms with Crippen LogP contribution in [0.4, 0.5) is 0 Å². The van der Waals surface area contributed by atoms with E-state index in [4.69, 9.17) is 4.74 Å². The van der Waals surface area contributed by atoms with Gasteiger partial charge in [-0.05, 0) is 62.0 Å². The number of nitrogens with one attached hydrogen (secondary N) is 1. The van der Waals surface area contributed by atoms with Gasteiger partial charge in [-0.1, -0.05) is 24.3 Å². The molecule has 1 atom stereocenters. The molecule has 20 heavy (non-hydrogen) atoms. The smallest absolute Gasteiger partial charge is 0.0509 e. The predicted molar refractivity (Wildman–Crippen MR) is 82.9 cm³/mol. The van der Waals surface area contributed by atoms with Gasteiger partial charge in [0.25, 0.3) is 0 Å². The maximum Gasteiger partial charge on any atom is 0.0509 e. The van der Waals surface area contributed by atoms with Gasteiger partial charge in [0.15, 0.2) is 0 Å². The molecular formula is C18H27NO. The Morgan fingerprint density at radius 3 is 2.70 bits per heavy atom. The average Bonchev–Trinajstić information content (AvgIpc) is 3.33. The molecule has 1 N–H and O–H groups in total. The van der Waals surface area contributed by atoms with Gasteiger partial charge in [0, 0.05) is 19.2 Å². The first kappa shape index (κ1) is 14.1. The highest BCUT2D eigenvalue weighted by molar-refractivity contribution is 5.26. The molecule has 3 rings (SSSR count). The Morgan fingerprint density at radius 2 is 2.00 bits per heavy atom. The highest BCUT2D eigenvalue weighted by Crippen LogP contribution is 2.29. The summed E-state index contributed by atoms with van der Waals surface area (Å²) in [6.07, 6.45) is 6.61. The zero-order chi connectivity index (χ0) is 13.8. The van der Waals surface area contributed by atoms with Crippen molar-refractivity contribution in [3.8, 4) is 0 Å². The average molecular weight is 273 g/mol. The molecule has 0 spiro atoms. The first-order valence-corrected chi connectivity index (χ1v) is 8.17. The SMILES string of the molecule is Cc1ccccc1CC(CNC1CC1)COCC1CC1. The van der Waals surface area contributed by atoms with Crippen molar-refractivity contribution in [1.29, 1.82) is 0 Å². The number of hydrogen-bond acceptors (Lipinski definition) is 2. The topological polar surface area (TPSA) is 21.3 Å². The lowest BCUT2D eigenvalue weighted by molar-refractivity contribution is 0.0905. The number of rotatable bonds is 9. The van der Waals surface area contributed by atoms with Gasteiger partial charge in [-0.3, -0.25) is 0 Å². The quantitative estimate of drug-likeness (QED) is 0.745. The standard InChI is InChI=1S/C18H27NO/c1-14-4-2-3-5-17(14)10-16(11-19-18-8-9-18)13-20-12-15-6-7-15/h2-5,15-16,18-19H,6-13H2,1H3. The van der Waals surface area contributed by atoms with Gasteiger partial charge in [-0.25, -0.2) is 0 Å². The summed E-state index contributed by atoms with van der Waals surface area (Å²) in [5, 5.41) is 3.67. The Morgan fingerprint density at radius 1 is 1.20 bits per heavy atom. The van der Waals surface area contributed by atoms with Crippen molar-refractivity contribution >= 4 is 0 Å². The second kappa shape index (κ2) is 6.73. The van der Waals surface area contributed by atoms with Crippen LogP contribution in [-0.2, 0) is 11.2 Å². The minimum Gasteiger partial charge on any atom is -0.381 e. The Kier molecular flexibility index (Phi) is 4.74. The van der Waals surface area contributed by atoms with E-state index in [1.165, 1.54) is 36.8 Å². The van der Waals surface area contributed by atoms with Crippen LogP contribution in [0, 0.1) is 18.8 Å². The molecule has 0 aliphatic heterocycles. The van der Waals surface area contributed by atoms with Gasteiger partial charge in [0.1, 0.15) is 0 Å². The first-order valence-electron chi connectivity index (χ1n) is 8.17. The molecule has 0 radical (unpaired) electrons. The van der Waals surface area contributed by atoms with Crippen molar-refractivity contribution in [1.82, 2.24) is 5.32 Å². The zero-order valence-electron chi connectivity index (χ0n) is 12.6. The molecule has 2 nitrogen and oxygen atoms in total. The molecule has 2 fully saturated rings. The van der Waals surface area contributed by atoms with E-state index in [2.05, 4.69) is 36.5 Å². The molecule has 110 valence electrons. The van der Waals surface area contributed by atoms with Crippen LogP contribution in [0.5, 0.6) is 0 Å². The first-order chi connectivity index (χ1) is 9.81. The van der Waals surface area contributed by atoms with Crippen molar-refractivity contribution in [2.75, 3.05) is 19.8 Å². The summed E-state index contributed by atoms with van der Waals surface area (Å²) in [6.45, 7) is 5.20. The number of ether oxygens (including phenoxy) is 1. The Hall–Kier alpha value is -0.860. The fourth-order valence-corrected chi connectivity index (χ4v) is 2.65. The zero-order valence-corrected chi connectivity index (χ0v) is 12.6. The fraction of sp³-hybridized carbons (Fsp3) is 0.667. The van der Waals surface area contributed by atoms with Crippen molar-refractivity contribution in [2.45, 2.75) is 45.1 Å². The fourth-order valence-electron chi connectivity index (χ4n) is 2.65. The molecular weight excluding hydrogens is 246 g/mol. The van der Waals surface area contributed by atoms with Gasteiger partial charge >= 0.3 is 0 Å². The molecule has 0 amide bonds. The Balaban J connectivity index is 1.50. The summed E-state index contributed by atoms with van der Waals surface area (Å²) < 4.78 is 5.94. The normalized spacial score (nSPS) is 20.1. The summed E-state index contributed by atoms with van der Waals surface area (Å²) in [7, 11) is 0. The van der Waals surface area contributed by atoms with Crippen LogP contribution in [0.15, 0.2) is 24.3 Å². The second-order valence-electron chi connectivity index (χ2n) is 6.66. The van der Waals surface area contributed by atoms with Crippen LogP contribution in [0.1, 0.15) is 36.8 Å². The lowest BCUT2D eigenvalue weighted by atomic mass is 9.96. The third-order valence-corrected chi connectivity index (χ3v) is 4.45. The van der Waals surface area contributed by atoms with E-state index < -0.39 is 0 Å². The molecule has 1 aromatic rings. The van der Waals surface area contributed by atoms with E-state index in [1.54, 1.807) is 0 Å². The third-order valence-electron chi connectivity index (χ3n) is 4.45. The van der Waals surface area contributed by atoms with Crippen LogP contribution in [0.25, 0.3) is 0 Å². The van der Waals surface area contributed by atoms with Gasteiger partial charge in [0.2, 0.25) is 0 Å². The van der Waals surface area contributed by atoms with Crippen molar-refractivity contribution in [2.24, 2.45) is 11.8 Å². The molecule has 0 heterocycles. The molecule has 2 saturated carbocycles. The predicted octanol–water partition coefficient (Wildman–Crippen LogP) is 3.33. The van der Waals surface area contributed by atoms with E-state index in [1.807, 2.05) is 0 Å². The highest BCUT2D eigenvalue weighted by Gasteiger charge is 2.24. The molecule has 2 aliphatic carbocycles. The lowest BCUT2D eigenvalue weighted by Gasteiger charge is -2.19. The minimum absolute atomic E-state index is 0.607. The van der Waals surface area contributed by atoms with Crippen LogP contribution < -0.4 is 5.32 Å². The molecule has 2 aliphatic rings. The number of benzene rings is 1. The highest BCUT2D eigenvalue weighted by atomic mass is 16.5. The van der Waals surface area contributed by atoms with Gasteiger partial charge < -0.3 is 10.1 Å². The van der Waals surface area contributed by atoms with Crippen LogP contribution in [-0.4, -0.2) is 25.8 Å². The van der Waals surface area contributed by atoms with Crippen molar-refractivity contribution in [3.05, 3.63) is 35.4 Å². The van der Waals surface area contributed by atoms with Gasteiger partial charge in [-0.2, -0.15) is 0 Å². The van der Waals surface area contributed by atoms with Gasteiger partial charge in [-0.15, -0.1) is 0 Å². The summed E-state index contributed by atoms with van der Waals surface area (Å²) in [6, 6.07) is 9.54. The minimum atomic E-state index is 0.607. The molecule has 0 bridgehead atoms.